The van der Waals surface area contributed by atoms with E-state index in [0.717, 1.165) is 5.56 Å². The van der Waals surface area contributed by atoms with E-state index in [2.05, 4.69) is 4.74 Å². The average Bonchev–Trinajstić information content (AvgIpc) is 2.27. The first-order chi connectivity index (χ1) is 7.19. The van der Waals surface area contributed by atoms with Gasteiger partial charge < -0.3 is 10.5 Å². The molecule has 15 heavy (non-hydrogen) atoms. The van der Waals surface area contributed by atoms with Gasteiger partial charge in [-0.25, -0.2) is 0 Å². The second-order valence-electron chi connectivity index (χ2n) is 3.48. The lowest BCUT2D eigenvalue weighted by Crippen LogP contribution is -2.05. The number of methoxy groups -OCH3 is 1. The van der Waals surface area contributed by atoms with Gasteiger partial charge in [0.2, 0.25) is 0 Å². The van der Waals surface area contributed by atoms with Gasteiger partial charge in [-0.15, -0.1) is 0 Å². The van der Waals surface area contributed by atoms with Crippen LogP contribution in [0.5, 0.6) is 0 Å². The van der Waals surface area contributed by atoms with E-state index in [-0.39, 0.29) is 5.97 Å². The Kier molecular flexibility index (Phi) is 4.31. The molecule has 0 unspecified atom stereocenters. The number of esters is 1. The molecule has 0 fully saturated rings. The number of hydrogen-bond donors (Lipinski definition) is 1. The van der Waals surface area contributed by atoms with Gasteiger partial charge >= 0.3 is 5.97 Å². The Morgan fingerprint density at radius 3 is 2.67 bits per heavy atom. The number of benzene rings is 1. The Bertz CT molecular complexity index is 347. The minimum Gasteiger partial charge on any atom is -0.469 e. The monoisotopic (exact) mass is 207 g/mol. The predicted molar refractivity (Wildman–Crippen MR) is 59.4 cm³/mol. The lowest BCUT2D eigenvalue weighted by atomic mass is 9.99. The zero-order valence-electron chi connectivity index (χ0n) is 9.25. The summed E-state index contributed by atoms with van der Waals surface area (Å²) < 4.78 is 4.60. The zero-order valence-corrected chi connectivity index (χ0v) is 9.25. The molecule has 0 saturated heterocycles. The summed E-state index contributed by atoms with van der Waals surface area (Å²) in [6.07, 6.45) is 1.14. The van der Waals surface area contributed by atoms with Gasteiger partial charge in [0.05, 0.1) is 7.11 Å². The molecule has 3 heteroatoms. The van der Waals surface area contributed by atoms with Crippen molar-refractivity contribution >= 4 is 5.97 Å². The number of ether oxygens (including phenoxy) is 1. The van der Waals surface area contributed by atoms with Gasteiger partial charge in [0, 0.05) is 13.0 Å². The zero-order chi connectivity index (χ0) is 11.3. The molecule has 2 N–H and O–H groups in total. The molecule has 0 radical (unpaired) electrons. The fourth-order valence-electron chi connectivity index (χ4n) is 1.57. The third kappa shape index (κ3) is 3.06. The number of hydrogen-bond acceptors (Lipinski definition) is 3. The molecule has 0 aliphatic heterocycles. The quantitative estimate of drug-likeness (QED) is 0.762. The fraction of sp³-hybridized carbons (Fsp3) is 0.417. The Balaban J connectivity index is 2.73. The second kappa shape index (κ2) is 5.51. The Morgan fingerprint density at radius 1 is 1.40 bits per heavy atom. The maximum Gasteiger partial charge on any atom is 0.305 e. The molecule has 0 atom stereocenters. The van der Waals surface area contributed by atoms with E-state index >= 15 is 0 Å². The van der Waals surface area contributed by atoms with E-state index < -0.39 is 0 Å². The van der Waals surface area contributed by atoms with Crippen molar-refractivity contribution < 1.29 is 9.53 Å². The molecule has 0 aliphatic carbocycles. The van der Waals surface area contributed by atoms with E-state index in [1.165, 1.54) is 18.2 Å². The van der Waals surface area contributed by atoms with Gasteiger partial charge in [-0.3, -0.25) is 4.79 Å². The lowest BCUT2D eigenvalue weighted by molar-refractivity contribution is -0.140. The van der Waals surface area contributed by atoms with Crippen LogP contribution in [0.4, 0.5) is 0 Å². The summed E-state index contributed by atoms with van der Waals surface area (Å²) in [5.74, 6) is -0.174. The summed E-state index contributed by atoms with van der Waals surface area (Å²) in [5.41, 5.74) is 9.10. The van der Waals surface area contributed by atoms with Crippen molar-refractivity contribution in [2.45, 2.75) is 26.3 Å². The highest BCUT2D eigenvalue weighted by atomic mass is 16.5. The Morgan fingerprint density at radius 2 is 2.07 bits per heavy atom. The lowest BCUT2D eigenvalue weighted by Gasteiger charge is -2.09. The molecule has 0 bridgehead atoms. The molecule has 1 aromatic rings. The molecule has 0 spiro atoms. The van der Waals surface area contributed by atoms with E-state index in [1.54, 1.807) is 0 Å². The highest BCUT2D eigenvalue weighted by molar-refractivity contribution is 5.69. The summed E-state index contributed by atoms with van der Waals surface area (Å²) >= 11 is 0. The van der Waals surface area contributed by atoms with Crippen LogP contribution in [0.2, 0.25) is 0 Å². The SMILES string of the molecule is COC(=O)CCc1cccc(CN)c1C. The van der Waals surface area contributed by atoms with Gasteiger partial charge in [0.25, 0.3) is 0 Å². The molecular formula is C12H17NO2. The van der Waals surface area contributed by atoms with Crippen molar-refractivity contribution in [3.8, 4) is 0 Å². The fourth-order valence-corrected chi connectivity index (χ4v) is 1.57. The third-order valence-corrected chi connectivity index (χ3v) is 2.60. The number of carbonyl (C=O) groups is 1. The van der Waals surface area contributed by atoms with Crippen molar-refractivity contribution in [1.82, 2.24) is 0 Å². The van der Waals surface area contributed by atoms with Gasteiger partial charge in [-0.1, -0.05) is 18.2 Å². The molecule has 0 aromatic heterocycles. The van der Waals surface area contributed by atoms with Crippen LogP contribution in [0.25, 0.3) is 0 Å². The number of carbonyl (C=O) groups excluding carboxylic acids is 1. The van der Waals surface area contributed by atoms with Gasteiger partial charge in [0.15, 0.2) is 0 Å². The van der Waals surface area contributed by atoms with Crippen LogP contribution in [-0.4, -0.2) is 13.1 Å². The standard InChI is InChI=1S/C12H17NO2/c1-9-10(6-7-12(14)15-2)4-3-5-11(9)8-13/h3-5H,6-8,13H2,1-2H3. The van der Waals surface area contributed by atoms with Gasteiger partial charge in [-0.2, -0.15) is 0 Å². The maximum atomic E-state index is 11.0. The number of aryl methyl sites for hydroxylation is 1. The first-order valence-electron chi connectivity index (χ1n) is 5.03. The summed E-state index contributed by atoms with van der Waals surface area (Å²) in [7, 11) is 1.41. The van der Waals surface area contributed by atoms with E-state index in [4.69, 9.17) is 5.73 Å². The van der Waals surface area contributed by atoms with Crippen molar-refractivity contribution in [2.24, 2.45) is 5.73 Å². The van der Waals surface area contributed by atoms with Crippen LogP contribution < -0.4 is 5.73 Å². The summed E-state index contributed by atoms with van der Waals surface area (Å²) in [6.45, 7) is 2.58. The highest BCUT2D eigenvalue weighted by Crippen LogP contribution is 2.15. The van der Waals surface area contributed by atoms with Crippen molar-refractivity contribution in [3.05, 3.63) is 34.9 Å². The largest absolute Gasteiger partial charge is 0.469 e. The van der Waals surface area contributed by atoms with Crippen LogP contribution in [0, 0.1) is 6.92 Å². The number of rotatable bonds is 4. The van der Waals surface area contributed by atoms with Crippen LogP contribution >= 0.6 is 0 Å². The minimum absolute atomic E-state index is 0.174. The molecule has 0 amide bonds. The van der Waals surface area contributed by atoms with Crippen LogP contribution in [0.15, 0.2) is 18.2 Å². The molecule has 82 valence electrons. The van der Waals surface area contributed by atoms with Gasteiger partial charge in [0.1, 0.15) is 0 Å². The summed E-state index contributed by atoms with van der Waals surface area (Å²) in [6, 6.07) is 6.01. The maximum absolute atomic E-state index is 11.0. The van der Waals surface area contributed by atoms with Crippen LogP contribution in [0.3, 0.4) is 0 Å². The van der Waals surface area contributed by atoms with Crippen molar-refractivity contribution in [2.75, 3.05) is 7.11 Å². The minimum atomic E-state index is -0.174. The first-order valence-corrected chi connectivity index (χ1v) is 5.03. The molecule has 3 nitrogen and oxygen atoms in total. The van der Waals surface area contributed by atoms with E-state index in [9.17, 15) is 4.79 Å². The van der Waals surface area contributed by atoms with Crippen LogP contribution in [0.1, 0.15) is 23.1 Å². The molecule has 1 rings (SSSR count). The Labute approximate surface area is 90.2 Å². The Hall–Kier alpha value is -1.35. The van der Waals surface area contributed by atoms with Crippen molar-refractivity contribution in [3.63, 3.8) is 0 Å². The predicted octanol–water partition coefficient (Wildman–Crippen LogP) is 1.56. The molecule has 0 aliphatic rings. The molecule has 1 aromatic carbocycles. The molecule has 0 saturated carbocycles. The summed E-state index contributed by atoms with van der Waals surface area (Å²) in [5, 5.41) is 0. The molecule has 0 heterocycles. The first kappa shape index (κ1) is 11.7. The average molecular weight is 207 g/mol. The van der Waals surface area contributed by atoms with E-state index in [0.29, 0.717) is 19.4 Å². The third-order valence-electron chi connectivity index (χ3n) is 2.60. The normalized spacial score (nSPS) is 10.1. The smallest absolute Gasteiger partial charge is 0.305 e. The van der Waals surface area contributed by atoms with Crippen molar-refractivity contribution in [1.29, 1.82) is 0 Å². The van der Waals surface area contributed by atoms with E-state index in [1.807, 2.05) is 25.1 Å². The second-order valence-corrected chi connectivity index (χ2v) is 3.48. The van der Waals surface area contributed by atoms with Crippen LogP contribution in [-0.2, 0) is 22.5 Å². The molecular weight excluding hydrogens is 190 g/mol. The highest BCUT2D eigenvalue weighted by Gasteiger charge is 2.05. The summed E-state index contributed by atoms with van der Waals surface area (Å²) in [4.78, 5) is 11.0. The number of nitrogens with two attached hydrogens (primary N) is 1. The van der Waals surface area contributed by atoms with Gasteiger partial charge in [-0.05, 0) is 30.0 Å². The topological polar surface area (TPSA) is 52.3 Å².